The molecule has 5 heteroatoms. The van der Waals surface area contributed by atoms with Crippen molar-refractivity contribution in [3.8, 4) is 0 Å². The molecule has 5 nitrogen and oxygen atoms in total. The van der Waals surface area contributed by atoms with Crippen LogP contribution in [0.5, 0.6) is 0 Å². The van der Waals surface area contributed by atoms with Crippen LogP contribution < -0.4 is 16.0 Å². The van der Waals surface area contributed by atoms with Gasteiger partial charge in [0.05, 0.1) is 5.92 Å². The van der Waals surface area contributed by atoms with Crippen LogP contribution in [0.4, 0.5) is 5.69 Å². The molecular formula is C19H27N3O2. The molecule has 0 aromatic heterocycles. The number of carbonyl (C=O) groups is 2. The number of hydrogen-bond donors (Lipinski definition) is 2. The van der Waals surface area contributed by atoms with Crippen molar-refractivity contribution in [2.75, 3.05) is 4.90 Å². The fourth-order valence-electron chi connectivity index (χ4n) is 4.08. The molecule has 1 aliphatic heterocycles. The van der Waals surface area contributed by atoms with E-state index in [1.165, 1.54) is 0 Å². The average molecular weight is 329 g/mol. The van der Waals surface area contributed by atoms with E-state index < -0.39 is 11.6 Å². The summed E-state index contributed by atoms with van der Waals surface area (Å²) in [5.74, 6) is -0.308. The Morgan fingerprint density at radius 3 is 2.67 bits per heavy atom. The van der Waals surface area contributed by atoms with E-state index in [9.17, 15) is 9.59 Å². The predicted octanol–water partition coefficient (Wildman–Crippen LogP) is 2.20. The summed E-state index contributed by atoms with van der Waals surface area (Å²) in [6.07, 6.45) is 4.38. The van der Waals surface area contributed by atoms with Gasteiger partial charge in [-0.25, -0.2) is 0 Å². The molecule has 2 amide bonds. The van der Waals surface area contributed by atoms with Gasteiger partial charge in [-0.05, 0) is 45.2 Å². The monoisotopic (exact) mass is 329 g/mol. The van der Waals surface area contributed by atoms with E-state index in [4.69, 9.17) is 5.73 Å². The van der Waals surface area contributed by atoms with Crippen LogP contribution in [0.2, 0.25) is 0 Å². The third-order valence-corrected chi connectivity index (χ3v) is 5.47. The van der Waals surface area contributed by atoms with E-state index in [2.05, 4.69) is 5.32 Å². The number of benzene rings is 1. The number of carbonyl (C=O) groups excluding carboxylic acids is 2. The molecule has 1 saturated heterocycles. The van der Waals surface area contributed by atoms with Crippen molar-refractivity contribution in [2.45, 2.75) is 63.6 Å². The lowest BCUT2D eigenvalue weighted by Gasteiger charge is -2.37. The highest BCUT2D eigenvalue weighted by molar-refractivity contribution is 6.02. The third-order valence-electron chi connectivity index (χ3n) is 5.47. The molecule has 4 unspecified atom stereocenters. The second-order valence-electron chi connectivity index (χ2n) is 7.49. The minimum absolute atomic E-state index is 0.0309. The van der Waals surface area contributed by atoms with Gasteiger partial charge >= 0.3 is 0 Å². The van der Waals surface area contributed by atoms with Gasteiger partial charge in [-0.3, -0.25) is 9.59 Å². The Labute approximate surface area is 143 Å². The Kier molecular flexibility index (Phi) is 4.63. The summed E-state index contributed by atoms with van der Waals surface area (Å²) in [6.45, 7) is 3.97. The smallest absolute Gasteiger partial charge is 0.249 e. The summed E-state index contributed by atoms with van der Waals surface area (Å²) in [5, 5.41) is 2.97. The maximum atomic E-state index is 12.8. The number of nitrogens with two attached hydrogens (primary N) is 1. The van der Waals surface area contributed by atoms with Gasteiger partial charge in [0.25, 0.3) is 0 Å². The van der Waals surface area contributed by atoms with Crippen LogP contribution in [-0.2, 0) is 9.59 Å². The van der Waals surface area contributed by atoms with Crippen molar-refractivity contribution in [3.05, 3.63) is 30.3 Å². The standard InChI is InChI=1S/C19H27N3O2/c1-13-12-16(18(24)22(13)14-8-4-3-5-9-14)21-17(23)15-10-6-7-11-19(15,2)20/h3-5,8-9,13,15-16H,6-7,10-12,20H2,1-2H3,(H,21,23). The first-order chi connectivity index (χ1) is 11.4. The molecule has 2 fully saturated rings. The Morgan fingerprint density at radius 1 is 1.29 bits per heavy atom. The molecule has 1 saturated carbocycles. The summed E-state index contributed by atoms with van der Waals surface area (Å²) < 4.78 is 0. The molecule has 1 aliphatic carbocycles. The quantitative estimate of drug-likeness (QED) is 0.893. The molecule has 0 spiro atoms. The zero-order valence-corrected chi connectivity index (χ0v) is 14.5. The summed E-state index contributed by atoms with van der Waals surface area (Å²) in [4.78, 5) is 27.3. The normalized spacial score (nSPS) is 33.5. The van der Waals surface area contributed by atoms with Gasteiger partial charge < -0.3 is 16.0 Å². The van der Waals surface area contributed by atoms with E-state index in [0.29, 0.717) is 6.42 Å². The van der Waals surface area contributed by atoms with Crippen LogP contribution >= 0.6 is 0 Å². The first-order valence-electron chi connectivity index (χ1n) is 8.87. The molecule has 2 aliphatic rings. The Morgan fingerprint density at radius 2 is 2.00 bits per heavy atom. The summed E-state index contributed by atoms with van der Waals surface area (Å²) in [6, 6.07) is 9.24. The zero-order chi connectivity index (χ0) is 17.3. The highest BCUT2D eigenvalue weighted by atomic mass is 16.2. The van der Waals surface area contributed by atoms with Crippen LogP contribution in [0, 0.1) is 5.92 Å². The molecule has 3 N–H and O–H groups in total. The highest BCUT2D eigenvalue weighted by Gasteiger charge is 2.42. The molecule has 1 heterocycles. The van der Waals surface area contributed by atoms with E-state index in [0.717, 1.165) is 31.4 Å². The number of anilines is 1. The van der Waals surface area contributed by atoms with Crippen molar-refractivity contribution < 1.29 is 9.59 Å². The Bertz CT molecular complexity index is 614. The topological polar surface area (TPSA) is 75.4 Å². The first kappa shape index (κ1) is 17.0. The van der Waals surface area contributed by atoms with Crippen LogP contribution in [0.3, 0.4) is 0 Å². The Balaban J connectivity index is 1.70. The predicted molar refractivity (Wildman–Crippen MR) is 94.5 cm³/mol. The van der Waals surface area contributed by atoms with Crippen LogP contribution in [-0.4, -0.2) is 29.4 Å². The van der Waals surface area contributed by atoms with Crippen LogP contribution in [0.15, 0.2) is 30.3 Å². The van der Waals surface area contributed by atoms with E-state index in [-0.39, 0.29) is 23.8 Å². The molecule has 4 atom stereocenters. The lowest BCUT2D eigenvalue weighted by Crippen LogP contribution is -2.55. The van der Waals surface area contributed by atoms with E-state index >= 15 is 0 Å². The molecule has 3 rings (SSSR count). The number of amides is 2. The Hall–Kier alpha value is -1.88. The van der Waals surface area contributed by atoms with Crippen molar-refractivity contribution in [2.24, 2.45) is 11.7 Å². The summed E-state index contributed by atoms with van der Waals surface area (Å²) in [7, 11) is 0. The average Bonchev–Trinajstić information content (AvgIpc) is 2.81. The molecule has 130 valence electrons. The van der Waals surface area contributed by atoms with Gasteiger partial charge in [0.1, 0.15) is 6.04 Å². The van der Waals surface area contributed by atoms with Gasteiger partial charge in [0.15, 0.2) is 0 Å². The number of nitrogens with one attached hydrogen (secondary N) is 1. The van der Waals surface area contributed by atoms with E-state index in [1.807, 2.05) is 44.2 Å². The van der Waals surface area contributed by atoms with Crippen LogP contribution in [0.1, 0.15) is 46.0 Å². The molecule has 1 aromatic carbocycles. The van der Waals surface area contributed by atoms with Crippen LogP contribution in [0.25, 0.3) is 0 Å². The maximum absolute atomic E-state index is 12.8. The highest BCUT2D eigenvalue weighted by Crippen LogP contribution is 2.32. The zero-order valence-electron chi connectivity index (χ0n) is 14.5. The second kappa shape index (κ2) is 6.55. The minimum Gasteiger partial charge on any atom is -0.344 e. The van der Waals surface area contributed by atoms with Gasteiger partial charge in [-0.15, -0.1) is 0 Å². The first-order valence-corrected chi connectivity index (χ1v) is 8.87. The second-order valence-corrected chi connectivity index (χ2v) is 7.49. The number of nitrogens with zero attached hydrogens (tertiary/aromatic N) is 1. The summed E-state index contributed by atoms with van der Waals surface area (Å²) >= 11 is 0. The number of rotatable bonds is 3. The van der Waals surface area contributed by atoms with Crippen molar-refractivity contribution in [1.29, 1.82) is 0 Å². The molecule has 0 radical (unpaired) electrons. The number of para-hydroxylation sites is 1. The van der Waals surface area contributed by atoms with Gasteiger partial charge in [-0.1, -0.05) is 31.0 Å². The molecule has 0 bridgehead atoms. The van der Waals surface area contributed by atoms with Gasteiger partial charge in [0.2, 0.25) is 11.8 Å². The van der Waals surface area contributed by atoms with Crippen molar-refractivity contribution in [3.63, 3.8) is 0 Å². The lowest BCUT2D eigenvalue weighted by molar-refractivity contribution is -0.131. The molecule has 24 heavy (non-hydrogen) atoms. The van der Waals surface area contributed by atoms with Gasteiger partial charge in [0, 0.05) is 17.3 Å². The maximum Gasteiger partial charge on any atom is 0.249 e. The molecule has 1 aromatic rings. The van der Waals surface area contributed by atoms with Crippen molar-refractivity contribution >= 4 is 17.5 Å². The summed E-state index contributed by atoms with van der Waals surface area (Å²) in [5.41, 5.74) is 6.73. The lowest BCUT2D eigenvalue weighted by atomic mass is 9.74. The van der Waals surface area contributed by atoms with Crippen molar-refractivity contribution in [1.82, 2.24) is 5.32 Å². The SMILES string of the molecule is CC1CC(NC(=O)C2CCCCC2(C)N)C(=O)N1c1ccccc1. The third kappa shape index (κ3) is 3.18. The van der Waals surface area contributed by atoms with E-state index in [1.54, 1.807) is 4.90 Å². The molecular weight excluding hydrogens is 302 g/mol. The number of hydrogen-bond acceptors (Lipinski definition) is 3. The largest absolute Gasteiger partial charge is 0.344 e. The minimum atomic E-state index is -0.477. The fraction of sp³-hybridized carbons (Fsp3) is 0.579. The van der Waals surface area contributed by atoms with Gasteiger partial charge in [-0.2, -0.15) is 0 Å². The fourth-order valence-corrected chi connectivity index (χ4v) is 4.08.